The number of para-hydroxylation sites is 1. The lowest BCUT2D eigenvalue weighted by molar-refractivity contribution is -0.130. The highest BCUT2D eigenvalue weighted by molar-refractivity contribution is 7.10. The van der Waals surface area contributed by atoms with Gasteiger partial charge < -0.3 is 15.5 Å². The molecule has 2 heterocycles. The van der Waals surface area contributed by atoms with E-state index in [1.54, 1.807) is 17.4 Å². The number of amides is 2. The zero-order valence-corrected chi connectivity index (χ0v) is 16.7. The number of nitrogens with zero attached hydrogens (tertiary/aromatic N) is 1. The van der Waals surface area contributed by atoms with E-state index in [1.807, 2.05) is 29.2 Å². The van der Waals surface area contributed by atoms with Crippen LogP contribution >= 0.6 is 11.3 Å². The predicted molar refractivity (Wildman–Crippen MR) is 110 cm³/mol. The van der Waals surface area contributed by atoms with Crippen LogP contribution in [-0.2, 0) is 4.79 Å². The second-order valence-electron chi connectivity index (χ2n) is 7.26. The Kier molecular flexibility index (Phi) is 6.50. The van der Waals surface area contributed by atoms with Gasteiger partial charge in [-0.2, -0.15) is 0 Å². The average molecular weight is 386 g/mol. The SMILES string of the molecule is CC(C)CNC(=O)c1ccccc1NCC(=O)N1CCCC1c1cccs1. The Bertz CT molecular complexity index is 773. The molecule has 2 N–H and O–H groups in total. The van der Waals surface area contributed by atoms with Crippen LogP contribution in [0.4, 0.5) is 5.69 Å². The lowest BCUT2D eigenvalue weighted by Gasteiger charge is -2.24. The molecule has 0 bridgehead atoms. The van der Waals surface area contributed by atoms with Gasteiger partial charge in [0, 0.05) is 23.7 Å². The van der Waals surface area contributed by atoms with E-state index in [-0.39, 0.29) is 24.4 Å². The fraction of sp³-hybridized carbons (Fsp3) is 0.429. The molecule has 1 saturated heterocycles. The number of hydrogen-bond donors (Lipinski definition) is 2. The Morgan fingerprint density at radius 3 is 2.78 bits per heavy atom. The highest BCUT2D eigenvalue weighted by Gasteiger charge is 2.30. The van der Waals surface area contributed by atoms with Gasteiger partial charge in [-0.25, -0.2) is 0 Å². The molecule has 0 saturated carbocycles. The van der Waals surface area contributed by atoms with Gasteiger partial charge in [0.15, 0.2) is 0 Å². The van der Waals surface area contributed by atoms with Gasteiger partial charge in [0.25, 0.3) is 5.91 Å². The van der Waals surface area contributed by atoms with E-state index in [0.717, 1.165) is 19.4 Å². The summed E-state index contributed by atoms with van der Waals surface area (Å²) in [7, 11) is 0. The normalized spacial score (nSPS) is 16.6. The van der Waals surface area contributed by atoms with Crippen molar-refractivity contribution in [2.24, 2.45) is 5.92 Å². The van der Waals surface area contributed by atoms with E-state index >= 15 is 0 Å². The van der Waals surface area contributed by atoms with Crippen molar-refractivity contribution < 1.29 is 9.59 Å². The molecule has 144 valence electrons. The zero-order valence-electron chi connectivity index (χ0n) is 15.9. The number of carbonyl (C=O) groups is 2. The molecule has 27 heavy (non-hydrogen) atoms. The number of anilines is 1. The molecule has 1 aromatic carbocycles. The lowest BCUT2D eigenvalue weighted by atomic mass is 10.1. The van der Waals surface area contributed by atoms with Gasteiger partial charge in [-0.1, -0.05) is 32.0 Å². The Morgan fingerprint density at radius 2 is 2.04 bits per heavy atom. The van der Waals surface area contributed by atoms with E-state index in [1.165, 1.54) is 4.88 Å². The molecule has 2 amide bonds. The number of likely N-dealkylation sites (tertiary alicyclic amines) is 1. The summed E-state index contributed by atoms with van der Waals surface area (Å²) in [6, 6.07) is 11.7. The number of rotatable bonds is 7. The Balaban J connectivity index is 1.63. The van der Waals surface area contributed by atoms with Crippen molar-refractivity contribution in [1.29, 1.82) is 0 Å². The third-order valence-electron chi connectivity index (χ3n) is 4.72. The van der Waals surface area contributed by atoms with Crippen LogP contribution in [0.3, 0.4) is 0 Å². The summed E-state index contributed by atoms with van der Waals surface area (Å²) in [5.41, 5.74) is 1.26. The minimum Gasteiger partial charge on any atom is -0.376 e. The first-order valence-corrected chi connectivity index (χ1v) is 10.4. The Labute approximate surface area is 164 Å². The van der Waals surface area contributed by atoms with E-state index in [9.17, 15) is 9.59 Å². The van der Waals surface area contributed by atoms with Crippen molar-refractivity contribution in [3.8, 4) is 0 Å². The summed E-state index contributed by atoms with van der Waals surface area (Å²) in [4.78, 5) is 28.4. The van der Waals surface area contributed by atoms with Gasteiger partial charge in [-0.15, -0.1) is 11.3 Å². The molecule has 1 aromatic heterocycles. The molecule has 1 fully saturated rings. The van der Waals surface area contributed by atoms with Crippen LogP contribution in [0.2, 0.25) is 0 Å². The summed E-state index contributed by atoms with van der Waals surface area (Å²) in [5.74, 6) is 0.347. The third kappa shape index (κ3) is 4.89. The Hall–Kier alpha value is -2.34. The molecule has 0 radical (unpaired) electrons. The number of carbonyl (C=O) groups excluding carboxylic acids is 2. The first-order valence-electron chi connectivity index (χ1n) is 9.50. The predicted octanol–water partition coefficient (Wildman–Crippen LogP) is 3.91. The van der Waals surface area contributed by atoms with Gasteiger partial charge in [0.1, 0.15) is 0 Å². The molecule has 1 aliphatic rings. The number of nitrogens with one attached hydrogen (secondary N) is 2. The van der Waals surface area contributed by atoms with E-state index in [0.29, 0.717) is 23.7 Å². The summed E-state index contributed by atoms with van der Waals surface area (Å²) in [6.07, 6.45) is 2.04. The molecule has 1 unspecified atom stereocenters. The standard InChI is InChI=1S/C21H27N3O2S/c1-15(2)13-23-21(26)16-7-3-4-8-17(16)22-14-20(25)24-11-5-9-18(24)19-10-6-12-27-19/h3-4,6-8,10,12,15,18,22H,5,9,11,13-14H2,1-2H3,(H,23,26). The maximum Gasteiger partial charge on any atom is 0.253 e. The van der Waals surface area contributed by atoms with Gasteiger partial charge in [0.2, 0.25) is 5.91 Å². The minimum absolute atomic E-state index is 0.0725. The monoisotopic (exact) mass is 385 g/mol. The minimum atomic E-state index is -0.114. The molecular formula is C21H27N3O2S. The van der Waals surface area contributed by atoms with E-state index in [4.69, 9.17) is 0 Å². The average Bonchev–Trinajstić information content (AvgIpc) is 3.35. The van der Waals surface area contributed by atoms with Gasteiger partial charge in [-0.05, 0) is 42.3 Å². The van der Waals surface area contributed by atoms with E-state index in [2.05, 4.69) is 35.9 Å². The maximum absolute atomic E-state index is 12.8. The fourth-order valence-corrected chi connectivity index (χ4v) is 4.22. The van der Waals surface area contributed by atoms with Gasteiger partial charge in [0.05, 0.1) is 18.2 Å². The summed E-state index contributed by atoms with van der Waals surface area (Å²) in [5, 5.41) is 8.17. The highest BCUT2D eigenvalue weighted by atomic mass is 32.1. The summed E-state index contributed by atoms with van der Waals surface area (Å²) in [6.45, 7) is 5.73. The molecule has 3 rings (SSSR count). The molecule has 6 heteroatoms. The zero-order chi connectivity index (χ0) is 19.2. The van der Waals surface area contributed by atoms with Crippen LogP contribution in [0.25, 0.3) is 0 Å². The quantitative estimate of drug-likeness (QED) is 0.760. The van der Waals surface area contributed by atoms with Crippen molar-refractivity contribution >= 4 is 28.8 Å². The first-order chi connectivity index (χ1) is 13.1. The third-order valence-corrected chi connectivity index (χ3v) is 5.69. The van der Waals surface area contributed by atoms with Crippen molar-refractivity contribution in [2.75, 3.05) is 25.0 Å². The smallest absolute Gasteiger partial charge is 0.253 e. The van der Waals surface area contributed by atoms with Crippen LogP contribution in [0.1, 0.15) is 48.0 Å². The fourth-order valence-electron chi connectivity index (χ4n) is 3.34. The van der Waals surface area contributed by atoms with Crippen LogP contribution in [0, 0.1) is 5.92 Å². The van der Waals surface area contributed by atoms with Crippen LogP contribution < -0.4 is 10.6 Å². The number of benzene rings is 1. The molecule has 2 aromatic rings. The van der Waals surface area contributed by atoms with Crippen molar-refractivity contribution in [1.82, 2.24) is 10.2 Å². The Morgan fingerprint density at radius 1 is 1.22 bits per heavy atom. The van der Waals surface area contributed by atoms with Gasteiger partial charge >= 0.3 is 0 Å². The molecular weight excluding hydrogens is 358 g/mol. The van der Waals surface area contributed by atoms with E-state index < -0.39 is 0 Å². The summed E-state index contributed by atoms with van der Waals surface area (Å²) >= 11 is 1.70. The highest BCUT2D eigenvalue weighted by Crippen LogP contribution is 2.34. The topological polar surface area (TPSA) is 61.4 Å². The lowest BCUT2D eigenvalue weighted by Crippen LogP contribution is -2.35. The van der Waals surface area contributed by atoms with Crippen molar-refractivity contribution in [3.63, 3.8) is 0 Å². The van der Waals surface area contributed by atoms with Crippen molar-refractivity contribution in [2.45, 2.75) is 32.7 Å². The van der Waals surface area contributed by atoms with Gasteiger partial charge in [-0.3, -0.25) is 9.59 Å². The van der Waals surface area contributed by atoms with Crippen LogP contribution in [0.15, 0.2) is 41.8 Å². The molecule has 1 atom stereocenters. The second kappa shape index (κ2) is 9.04. The van der Waals surface area contributed by atoms with Crippen molar-refractivity contribution in [3.05, 3.63) is 52.2 Å². The molecule has 5 nitrogen and oxygen atoms in total. The number of hydrogen-bond acceptors (Lipinski definition) is 4. The molecule has 0 spiro atoms. The molecule has 1 aliphatic heterocycles. The van der Waals surface area contributed by atoms with Crippen LogP contribution in [0.5, 0.6) is 0 Å². The van der Waals surface area contributed by atoms with Crippen LogP contribution in [-0.4, -0.2) is 36.3 Å². The first kappa shape index (κ1) is 19.4. The molecule has 0 aliphatic carbocycles. The maximum atomic E-state index is 12.8. The second-order valence-corrected chi connectivity index (χ2v) is 8.24. The summed E-state index contributed by atoms with van der Waals surface area (Å²) < 4.78 is 0. The largest absolute Gasteiger partial charge is 0.376 e. The number of thiophene rings is 1.